The lowest BCUT2D eigenvalue weighted by Crippen LogP contribution is -2.19. The molecule has 1 aromatic rings. The summed E-state index contributed by atoms with van der Waals surface area (Å²) >= 11 is 0. The summed E-state index contributed by atoms with van der Waals surface area (Å²) in [4.78, 5) is 2.13. The number of benzene rings is 1. The van der Waals surface area contributed by atoms with E-state index in [0.717, 1.165) is 19.5 Å². The Morgan fingerprint density at radius 2 is 1.85 bits per heavy atom. The van der Waals surface area contributed by atoms with E-state index in [1.54, 1.807) is 0 Å². The second-order valence-electron chi connectivity index (χ2n) is 3.35. The van der Waals surface area contributed by atoms with E-state index >= 15 is 0 Å². The van der Waals surface area contributed by atoms with Gasteiger partial charge in [-0.25, -0.2) is 0 Å². The van der Waals surface area contributed by atoms with Crippen molar-refractivity contribution >= 4 is 0 Å². The van der Waals surface area contributed by atoms with Crippen molar-refractivity contribution < 1.29 is 0 Å². The highest BCUT2D eigenvalue weighted by molar-refractivity contribution is 5.14. The van der Waals surface area contributed by atoms with E-state index in [1.807, 2.05) is 0 Å². The fraction of sp³-hybridized carbons (Fsp3) is 0.417. The van der Waals surface area contributed by atoms with Crippen molar-refractivity contribution in [2.75, 3.05) is 13.1 Å². The van der Waals surface area contributed by atoms with Crippen molar-refractivity contribution in [2.24, 2.45) is 0 Å². The smallest absolute Gasteiger partial charge is 0.0175 e. The van der Waals surface area contributed by atoms with Crippen LogP contribution in [0, 0.1) is 7.05 Å². The summed E-state index contributed by atoms with van der Waals surface area (Å²) in [7, 11) is 3.98. The largest absolute Gasteiger partial charge is 0.459 e. The molecule has 1 nitrogen and oxygen atoms in total. The molecule has 0 spiro atoms. The van der Waals surface area contributed by atoms with Gasteiger partial charge in [-0.3, -0.25) is 7.05 Å². The molecule has 0 fully saturated rings. The van der Waals surface area contributed by atoms with Crippen molar-refractivity contribution in [1.82, 2.24) is 4.90 Å². The number of hydrogen-bond acceptors (Lipinski definition) is 1. The Kier molecular flexibility index (Phi) is 4.55. The third-order valence-electron chi connectivity index (χ3n) is 2.10. The van der Waals surface area contributed by atoms with E-state index in [4.69, 9.17) is 0 Å². The SMILES string of the molecule is [CH2-]N(CCC)CCc1ccccc1. The summed E-state index contributed by atoms with van der Waals surface area (Å²) < 4.78 is 0. The van der Waals surface area contributed by atoms with Crippen LogP contribution in [0.4, 0.5) is 0 Å². The zero-order valence-corrected chi connectivity index (χ0v) is 8.37. The first-order valence-corrected chi connectivity index (χ1v) is 4.92. The van der Waals surface area contributed by atoms with E-state index < -0.39 is 0 Å². The summed E-state index contributed by atoms with van der Waals surface area (Å²) in [6.07, 6.45) is 2.28. The fourth-order valence-corrected chi connectivity index (χ4v) is 1.36. The average Bonchev–Trinajstić information content (AvgIpc) is 2.17. The topological polar surface area (TPSA) is 3.24 Å². The number of rotatable bonds is 5. The second kappa shape index (κ2) is 5.76. The van der Waals surface area contributed by atoms with Gasteiger partial charge >= 0.3 is 0 Å². The Labute approximate surface area is 81.4 Å². The van der Waals surface area contributed by atoms with Gasteiger partial charge in [0.1, 0.15) is 0 Å². The van der Waals surface area contributed by atoms with Crippen molar-refractivity contribution in [3.63, 3.8) is 0 Å². The molecule has 0 N–H and O–H groups in total. The van der Waals surface area contributed by atoms with Crippen molar-refractivity contribution in [2.45, 2.75) is 19.8 Å². The molecule has 0 bridgehead atoms. The van der Waals surface area contributed by atoms with Gasteiger partial charge in [-0.2, -0.15) is 0 Å². The highest BCUT2D eigenvalue weighted by Gasteiger charge is 1.92. The molecule has 0 radical (unpaired) electrons. The van der Waals surface area contributed by atoms with Gasteiger partial charge in [0.2, 0.25) is 0 Å². The van der Waals surface area contributed by atoms with Crippen LogP contribution in [0.15, 0.2) is 30.3 Å². The Morgan fingerprint density at radius 3 is 2.46 bits per heavy atom. The first kappa shape index (κ1) is 10.3. The zero-order valence-electron chi connectivity index (χ0n) is 8.37. The molecule has 1 rings (SSSR count). The van der Waals surface area contributed by atoms with Gasteiger partial charge in [0.15, 0.2) is 0 Å². The van der Waals surface area contributed by atoms with Gasteiger partial charge in [0.25, 0.3) is 0 Å². The number of hydrogen-bond donors (Lipinski definition) is 0. The standard InChI is InChI=1S/C12H18N/c1-3-10-13(2)11-9-12-7-5-4-6-8-12/h4-8H,2-3,9-11H2,1H3/q-1. The third-order valence-corrected chi connectivity index (χ3v) is 2.10. The lowest BCUT2D eigenvalue weighted by atomic mass is 10.1. The maximum absolute atomic E-state index is 3.98. The van der Waals surface area contributed by atoms with Crippen LogP contribution in [0.25, 0.3) is 0 Å². The highest BCUT2D eigenvalue weighted by atomic mass is 15.1. The van der Waals surface area contributed by atoms with Gasteiger partial charge in [-0.05, 0) is 31.5 Å². The summed E-state index contributed by atoms with van der Waals surface area (Å²) in [5.41, 5.74) is 1.40. The van der Waals surface area contributed by atoms with E-state index in [9.17, 15) is 0 Å². The van der Waals surface area contributed by atoms with Gasteiger partial charge in [-0.15, -0.1) is 0 Å². The van der Waals surface area contributed by atoms with Crippen LogP contribution in [0.2, 0.25) is 0 Å². The van der Waals surface area contributed by atoms with Gasteiger partial charge in [0.05, 0.1) is 0 Å². The van der Waals surface area contributed by atoms with Crippen LogP contribution in [-0.2, 0) is 6.42 Å². The summed E-state index contributed by atoms with van der Waals surface area (Å²) in [5.74, 6) is 0. The summed E-state index contributed by atoms with van der Waals surface area (Å²) in [6, 6.07) is 10.6. The Morgan fingerprint density at radius 1 is 1.15 bits per heavy atom. The van der Waals surface area contributed by atoms with Crippen LogP contribution in [0.1, 0.15) is 18.9 Å². The molecule has 0 aromatic heterocycles. The fourth-order valence-electron chi connectivity index (χ4n) is 1.36. The molecule has 72 valence electrons. The lowest BCUT2D eigenvalue weighted by molar-refractivity contribution is 0.374. The Balaban J connectivity index is 2.27. The van der Waals surface area contributed by atoms with Crippen LogP contribution >= 0.6 is 0 Å². The van der Waals surface area contributed by atoms with E-state index in [2.05, 4.69) is 49.2 Å². The molecule has 0 unspecified atom stereocenters. The quantitative estimate of drug-likeness (QED) is 0.623. The summed E-state index contributed by atoms with van der Waals surface area (Å²) in [6.45, 7) is 4.32. The molecule has 0 amide bonds. The first-order valence-electron chi connectivity index (χ1n) is 4.92. The third kappa shape index (κ3) is 4.09. The Bertz CT molecular complexity index is 218. The van der Waals surface area contributed by atoms with E-state index in [1.165, 1.54) is 12.0 Å². The highest BCUT2D eigenvalue weighted by Crippen LogP contribution is 2.00. The monoisotopic (exact) mass is 176 g/mol. The normalized spacial score (nSPS) is 10.7. The molecule has 1 aromatic carbocycles. The minimum atomic E-state index is 1.05. The van der Waals surface area contributed by atoms with Gasteiger partial charge in [-0.1, -0.05) is 37.3 Å². The van der Waals surface area contributed by atoms with Crippen LogP contribution < -0.4 is 0 Å². The average molecular weight is 176 g/mol. The molecule has 0 aliphatic carbocycles. The molecule has 0 saturated heterocycles. The summed E-state index contributed by atoms with van der Waals surface area (Å²) in [5, 5.41) is 0. The van der Waals surface area contributed by atoms with Crippen molar-refractivity contribution in [3.8, 4) is 0 Å². The molecule has 0 aliphatic rings. The van der Waals surface area contributed by atoms with Crippen LogP contribution in [0.5, 0.6) is 0 Å². The van der Waals surface area contributed by atoms with Crippen LogP contribution in [0.3, 0.4) is 0 Å². The molecule has 0 aliphatic heterocycles. The second-order valence-corrected chi connectivity index (χ2v) is 3.35. The van der Waals surface area contributed by atoms with Crippen molar-refractivity contribution in [3.05, 3.63) is 42.9 Å². The maximum Gasteiger partial charge on any atom is -0.0175 e. The minimum Gasteiger partial charge on any atom is -0.459 e. The molecule has 0 atom stereocenters. The molecular formula is C12H18N-. The predicted octanol–water partition coefficient (Wildman–Crippen LogP) is 2.73. The van der Waals surface area contributed by atoms with Crippen LogP contribution in [-0.4, -0.2) is 18.0 Å². The molecule has 1 heteroatoms. The lowest BCUT2D eigenvalue weighted by Gasteiger charge is -2.23. The molecule has 0 heterocycles. The minimum absolute atomic E-state index is 1.05. The molecule has 13 heavy (non-hydrogen) atoms. The number of nitrogens with zero attached hydrogens (tertiary/aromatic N) is 1. The molecule has 0 saturated carbocycles. The zero-order chi connectivity index (χ0) is 9.52. The maximum atomic E-state index is 3.98. The van der Waals surface area contributed by atoms with Crippen molar-refractivity contribution in [1.29, 1.82) is 0 Å². The molecular weight excluding hydrogens is 158 g/mol. The van der Waals surface area contributed by atoms with Gasteiger partial charge in [0, 0.05) is 0 Å². The van der Waals surface area contributed by atoms with Gasteiger partial charge < -0.3 is 4.90 Å². The van der Waals surface area contributed by atoms with E-state index in [0.29, 0.717) is 0 Å². The Hall–Kier alpha value is -0.820. The predicted molar refractivity (Wildman–Crippen MR) is 57.4 cm³/mol. The first-order chi connectivity index (χ1) is 6.33. The van der Waals surface area contributed by atoms with E-state index in [-0.39, 0.29) is 0 Å².